The lowest BCUT2D eigenvalue weighted by Crippen LogP contribution is -2.08. The van der Waals surface area contributed by atoms with E-state index >= 15 is 0 Å². The van der Waals surface area contributed by atoms with E-state index in [1.165, 1.54) is 0 Å². The number of fused-ring (bicyclic) bond motifs is 1. The van der Waals surface area contributed by atoms with Crippen molar-refractivity contribution in [1.82, 2.24) is 10.1 Å². The Morgan fingerprint density at radius 1 is 1.25 bits per heavy atom. The summed E-state index contributed by atoms with van der Waals surface area (Å²) in [6.07, 6.45) is 0. The number of aryl methyl sites for hydroxylation is 4. The standard InChI is InChI=1S/C18H17ClN2O3/c1-9-5-6-13-7-14(17(19)20-16(13)10(9)2)8-23-18(22)15-11(3)21-24-12(15)4/h5-7H,8H2,1-4H3. The lowest BCUT2D eigenvalue weighted by atomic mass is 10.0. The summed E-state index contributed by atoms with van der Waals surface area (Å²) >= 11 is 6.27. The molecule has 3 aromatic rings. The molecular weight excluding hydrogens is 328 g/mol. The van der Waals surface area contributed by atoms with E-state index in [4.69, 9.17) is 20.9 Å². The number of esters is 1. The number of ether oxygens (including phenoxy) is 1. The Balaban J connectivity index is 1.87. The number of benzene rings is 1. The first-order chi connectivity index (χ1) is 11.4. The second-order valence-electron chi connectivity index (χ2n) is 5.79. The van der Waals surface area contributed by atoms with E-state index in [0.29, 0.717) is 27.7 Å². The average molecular weight is 345 g/mol. The maximum Gasteiger partial charge on any atom is 0.344 e. The summed E-state index contributed by atoms with van der Waals surface area (Å²) in [7, 11) is 0. The maximum atomic E-state index is 12.2. The smallest absolute Gasteiger partial charge is 0.344 e. The first-order valence-electron chi connectivity index (χ1n) is 7.54. The van der Waals surface area contributed by atoms with Gasteiger partial charge in [0.15, 0.2) is 0 Å². The highest BCUT2D eigenvalue weighted by molar-refractivity contribution is 6.30. The van der Waals surface area contributed by atoms with Gasteiger partial charge in [-0.05, 0) is 44.9 Å². The molecule has 0 bridgehead atoms. The summed E-state index contributed by atoms with van der Waals surface area (Å²) in [4.78, 5) is 16.7. The van der Waals surface area contributed by atoms with Gasteiger partial charge in [-0.1, -0.05) is 28.9 Å². The van der Waals surface area contributed by atoms with E-state index in [9.17, 15) is 4.79 Å². The van der Waals surface area contributed by atoms with Crippen molar-refractivity contribution < 1.29 is 14.1 Å². The van der Waals surface area contributed by atoms with Crippen molar-refractivity contribution in [3.05, 3.63) is 57.1 Å². The topological polar surface area (TPSA) is 65.2 Å². The van der Waals surface area contributed by atoms with Crippen LogP contribution in [0.25, 0.3) is 10.9 Å². The first-order valence-corrected chi connectivity index (χ1v) is 7.91. The zero-order valence-electron chi connectivity index (χ0n) is 13.9. The second kappa shape index (κ2) is 6.24. The highest BCUT2D eigenvalue weighted by Gasteiger charge is 2.19. The molecule has 0 aliphatic rings. The molecule has 0 fully saturated rings. The van der Waals surface area contributed by atoms with Gasteiger partial charge in [-0.2, -0.15) is 0 Å². The highest BCUT2D eigenvalue weighted by Crippen LogP contribution is 2.26. The molecule has 0 N–H and O–H groups in total. The molecule has 6 heteroatoms. The van der Waals surface area contributed by atoms with Crippen molar-refractivity contribution in [3.8, 4) is 0 Å². The zero-order valence-corrected chi connectivity index (χ0v) is 14.7. The van der Waals surface area contributed by atoms with Crippen LogP contribution in [-0.2, 0) is 11.3 Å². The van der Waals surface area contributed by atoms with Gasteiger partial charge in [-0.15, -0.1) is 0 Å². The van der Waals surface area contributed by atoms with Crippen molar-refractivity contribution >= 4 is 28.5 Å². The average Bonchev–Trinajstić information content (AvgIpc) is 2.88. The molecule has 2 heterocycles. The molecule has 0 unspecified atom stereocenters. The van der Waals surface area contributed by atoms with Crippen LogP contribution in [0.2, 0.25) is 5.15 Å². The summed E-state index contributed by atoms with van der Waals surface area (Å²) in [6.45, 7) is 7.45. The predicted octanol–water partition coefficient (Wildman–Crippen LogP) is 4.47. The fraction of sp³-hybridized carbons (Fsp3) is 0.278. The number of carbonyl (C=O) groups is 1. The Hall–Kier alpha value is -2.40. The summed E-state index contributed by atoms with van der Waals surface area (Å²) in [5.41, 5.74) is 4.63. The molecule has 3 rings (SSSR count). The number of hydrogen-bond acceptors (Lipinski definition) is 5. The molecule has 5 nitrogen and oxygen atoms in total. The van der Waals surface area contributed by atoms with Crippen molar-refractivity contribution in [2.45, 2.75) is 34.3 Å². The van der Waals surface area contributed by atoms with Gasteiger partial charge in [0.25, 0.3) is 0 Å². The number of halogens is 1. The predicted molar refractivity (Wildman–Crippen MR) is 91.3 cm³/mol. The Morgan fingerprint density at radius 3 is 2.67 bits per heavy atom. The molecule has 0 spiro atoms. The molecule has 1 aromatic carbocycles. The third-order valence-electron chi connectivity index (χ3n) is 4.13. The molecule has 2 aromatic heterocycles. The zero-order chi connectivity index (χ0) is 17.4. The Morgan fingerprint density at radius 2 is 2.00 bits per heavy atom. The van der Waals surface area contributed by atoms with E-state index in [2.05, 4.69) is 10.1 Å². The Bertz CT molecular complexity index is 928. The molecule has 24 heavy (non-hydrogen) atoms. The van der Waals surface area contributed by atoms with Crippen LogP contribution in [0.15, 0.2) is 22.7 Å². The molecule has 0 atom stereocenters. The van der Waals surface area contributed by atoms with Crippen LogP contribution in [0.4, 0.5) is 0 Å². The molecule has 0 aliphatic carbocycles. The van der Waals surface area contributed by atoms with Crippen molar-refractivity contribution in [2.75, 3.05) is 0 Å². The van der Waals surface area contributed by atoms with Gasteiger partial charge in [0.2, 0.25) is 0 Å². The maximum absolute atomic E-state index is 12.2. The van der Waals surface area contributed by atoms with E-state index in [-0.39, 0.29) is 6.61 Å². The molecule has 124 valence electrons. The van der Waals surface area contributed by atoms with Gasteiger partial charge in [-0.3, -0.25) is 0 Å². The third kappa shape index (κ3) is 2.87. The van der Waals surface area contributed by atoms with Crippen LogP contribution in [0.1, 0.15) is 38.5 Å². The highest BCUT2D eigenvalue weighted by atomic mass is 35.5. The lowest BCUT2D eigenvalue weighted by Gasteiger charge is -2.10. The summed E-state index contributed by atoms with van der Waals surface area (Å²) in [6, 6.07) is 5.92. The van der Waals surface area contributed by atoms with Crippen LogP contribution in [-0.4, -0.2) is 16.1 Å². The quantitative estimate of drug-likeness (QED) is 0.518. The van der Waals surface area contributed by atoms with Crippen LogP contribution >= 0.6 is 11.6 Å². The van der Waals surface area contributed by atoms with Crippen molar-refractivity contribution in [3.63, 3.8) is 0 Å². The number of carbonyl (C=O) groups excluding carboxylic acids is 1. The van der Waals surface area contributed by atoms with Gasteiger partial charge < -0.3 is 9.26 Å². The number of nitrogens with zero attached hydrogens (tertiary/aromatic N) is 2. The molecule has 0 saturated carbocycles. The van der Waals surface area contributed by atoms with Crippen LogP contribution in [0, 0.1) is 27.7 Å². The van der Waals surface area contributed by atoms with Gasteiger partial charge >= 0.3 is 5.97 Å². The number of aromatic nitrogens is 2. The normalized spacial score (nSPS) is 11.0. The molecule has 0 amide bonds. The minimum Gasteiger partial charge on any atom is -0.457 e. The molecular formula is C18H17ClN2O3. The monoisotopic (exact) mass is 344 g/mol. The number of hydrogen-bond donors (Lipinski definition) is 0. The van der Waals surface area contributed by atoms with Crippen molar-refractivity contribution in [1.29, 1.82) is 0 Å². The van der Waals surface area contributed by atoms with E-state index < -0.39 is 5.97 Å². The minimum absolute atomic E-state index is 0.0393. The van der Waals surface area contributed by atoms with Crippen LogP contribution < -0.4 is 0 Å². The molecule has 0 radical (unpaired) electrons. The molecule has 0 aliphatic heterocycles. The number of rotatable bonds is 3. The largest absolute Gasteiger partial charge is 0.457 e. The van der Waals surface area contributed by atoms with Crippen LogP contribution in [0.3, 0.4) is 0 Å². The third-order valence-corrected chi connectivity index (χ3v) is 4.46. The summed E-state index contributed by atoms with van der Waals surface area (Å²) in [5, 5.41) is 5.05. The van der Waals surface area contributed by atoms with E-state index in [0.717, 1.165) is 22.0 Å². The molecule has 0 saturated heterocycles. The Kier molecular flexibility index (Phi) is 4.28. The first kappa shape index (κ1) is 16.5. The summed E-state index contributed by atoms with van der Waals surface area (Å²) in [5.74, 6) is -0.0474. The van der Waals surface area contributed by atoms with E-state index in [1.807, 2.05) is 32.0 Å². The van der Waals surface area contributed by atoms with Crippen molar-refractivity contribution in [2.24, 2.45) is 0 Å². The fourth-order valence-electron chi connectivity index (χ4n) is 2.60. The van der Waals surface area contributed by atoms with Gasteiger partial charge in [-0.25, -0.2) is 9.78 Å². The summed E-state index contributed by atoms with van der Waals surface area (Å²) < 4.78 is 10.3. The van der Waals surface area contributed by atoms with Gasteiger partial charge in [0, 0.05) is 10.9 Å². The second-order valence-corrected chi connectivity index (χ2v) is 6.15. The van der Waals surface area contributed by atoms with Gasteiger partial charge in [0.05, 0.1) is 11.2 Å². The minimum atomic E-state index is -0.484. The van der Waals surface area contributed by atoms with Crippen LogP contribution in [0.5, 0.6) is 0 Å². The Labute approximate surface area is 144 Å². The van der Waals surface area contributed by atoms with E-state index in [1.54, 1.807) is 13.8 Å². The lowest BCUT2D eigenvalue weighted by molar-refractivity contribution is 0.0470. The SMILES string of the molecule is Cc1ccc2cc(COC(=O)c3c(C)noc3C)c(Cl)nc2c1C. The number of pyridine rings is 1. The van der Waals surface area contributed by atoms with Gasteiger partial charge in [0.1, 0.15) is 23.1 Å². The fourth-order valence-corrected chi connectivity index (χ4v) is 2.79.